The summed E-state index contributed by atoms with van der Waals surface area (Å²) in [6.07, 6.45) is 1.87. The van der Waals surface area contributed by atoms with E-state index >= 15 is 0 Å². The molecule has 17 heavy (non-hydrogen) atoms. The minimum atomic E-state index is -0.776. The fourth-order valence-corrected chi connectivity index (χ4v) is 1.70. The van der Waals surface area contributed by atoms with Crippen molar-refractivity contribution in [2.75, 3.05) is 6.54 Å². The van der Waals surface area contributed by atoms with Crippen molar-refractivity contribution in [1.82, 2.24) is 5.32 Å². The second kappa shape index (κ2) is 4.54. The Hall–Kier alpha value is -1.89. The summed E-state index contributed by atoms with van der Waals surface area (Å²) in [5.41, 5.74) is 0.0641. The first-order valence-electron chi connectivity index (χ1n) is 5.60. The van der Waals surface area contributed by atoms with Crippen LogP contribution in [0.5, 0.6) is 0 Å². The van der Waals surface area contributed by atoms with Gasteiger partial charge >= 0.3 is 0 Å². The molecule has 0 aliphatic heterocycles. The maximum absolute atomic E-state index is 12.9. The minimum Gasteiger partial charge on any atom is -0.354 e. The minimum absolute atomic E-state index is 0.198. The molecular weight excluding hydrogens is 219 g/mol. The molecule has 0 unspecified atom stereocenters. The monoisotopic (exact) mass is 232 g/mol. The van der Waals surface area contributed by atoms with Crippen LogP contribution < -0.4 is 5.32 Å². The summed E-state index contributed by atoms with van der Waals surface area (Å²) in [4.78, 5) is 11.6. The van der Waals surface area contributed by atoms with Crippen LogP contribution in [0.15, 0.2) is 24.3 Å². The topological polar surface area (TPSA) is 52.9 Å². The van der Waals surface area contributed by atoms with E-state index in [4.69, 9.17) is 5.26 Å². The third kappa shape index (κ3) is 2.62. The zero-order valence-corrected chi connectivity index (χ0v) is 9.37. The highest BCUT2D eigenvalue weighted by Crippen LogP contribution is 2.44. The number of halogens is 1. The highest BCUT2D eigenvalue weighted by atomic mass is 19.1. The Kier molecular flexibility index (Phi) is 3.10. The quantitative estimate of drug-likeness (QED) is 0.860. The Morgan fingerprint density at radius 1 is 1.53 bits per heavy atom. The molecule has 4 heteroatoms. The number of rotatable bonds is 4. The third-order valence-corrected chi connectivity index (χ3v) is 2.99. The molecule has 1 fully saturated rings. The lowest BCUT2D eigenvalue weighted by atomic mass is 10.1. The zero-order valence-electron chi connectivity index (χ0n) is 9.37. The van der Waals surface area contributed by atoms with Crippen LogP contribution in [0.25, 0.3) is 0 Å². The van der Waals surface area contributed by atoms with E-state index in [2.05, 4.69) is 5.32 Å². The number of nitriles is 1. The highest BCUT2D eigenvalue weighted by Gasteiger charge is 2.50. The first-order chi connectivity index (χ1) is 8.16. The molecule has 0 heterocycles. The maximum atomic E-state index is 12.9. The van der Waals surface area contributed by atoms with Gasteiger partial charge in [-0.3, -0.25) is 4.79 Å². The summed E-state index contributed by atoms with van der Waals surface area (Å²) in [5, 5.41) is 11.5. The largest absolute Gasteiger partial charge is 0.354 e. The standard InChI is InChI=1S/C13H13FN2O/c14-11-3-1-2-10(8-11)4-7-16-12(17)13(9-15)5-6-13/h1-3,8H,4-7H2,(H,16,17). The van der Waals surface area contributed by atoms with Crippen LogP contribution in [0, 0.1) is 22.6 Å². The van der Waals surface area contributed by atoms with Crippen LogP contribution in [0.2, 0.25) is 0 Å². The second-order valence-corrected chi connectivity index (χ2v) is 4.33. The van der Waals surface area contributed by atoms with Gasteiger partial charge in [0.25, 0.3) is 0 Å². The van der Waals surface area contributed by atoms with Gasteiger partial charge in [0, 0.05) is 6.54 Å². The normalized spacial score (nSPS) is 16.0. The summed E-state index contributed by atoms with van der Waals surface area (Å²) < 4.78 is 12.9. The summed E-state index contributed by atoms with van der Waals surface area (Å²) in [6, 6.07) is 8.33. The van der Waals surface area contributed by atoms with Crippen molar-refractivity contribution in [1.29, 1.82) is 5.26 Å². The molecule has 3 nitrogen and oxygen atoms in total. The SMILES string of the molecule is N#CC1(C(=O)NCCc2cccc(F)c2)CC1. The molecule has 0 aromatic heterocycles. The molecule has 2 rings (SSSR count). The molecule has 88 valence electrons. The first-order valence-corrected chi connectivity index (χ1v) is 5.60. The molecule has 1 saturated carbocycles. The number of nitrogens with one attached hydrogen (secondary N) is 1. The van der Waals surface area contributed by atoms with Crippen LogP contribution in [-0.2, 0) is 11.2 Å². The molecule has 1 amide bonds. The predicted molar refractivity (Wildman–Crippen MR) is 60.4 cm³/mol. The first kappa shape index (κ1) is 11.6. The molecule has 1 aromatic carbocycles. The Balaban J connectivity index is 1.81. The van der Waals surface area contributed by atoms with Gasteiger partial charge < -0.3 is 5.32 Å². The Labute approximate surface area is 99.2 Å². The number of hydrogen-bond donors (Lipinski definition) is 1. The average molecular weight is 232 g/mol. The van der Waals surface area contributed by atoms with E-state index in [-0.39, 0.29) is 11.7 Å². The lowest BCUT2D eigenvalue weighted by molar-refractivity contribution is -0.124. The van der Waals surface area contributed by atoms with Gasteiger partial charge in [0.2, 0.25) is 5.91 Å². The average Bonchev–Trinajstić information content (AvgIpc) is 3.10. The lowest BCUT2D eigenvalue weighted by Crippen LogP contribution is -2.32. The second-order valence-electron chi connectivity index (χ2n) is 4.33. The number of amides is 1. The molecule has 0 atom stereocenters. The number of carbonyl (C=O) groups is 1. The van der Waals surface area contributed by atoms with E-state index in [1.54, 1.807) is 6.07 Å². The van der Waals surface area contributed by atoms with Crippen molar-refractivity contribution >= 4 is 5.91 Å². The van der Waals surface area contributed by atoms with Gasteiger partial charge in [0.15, 0.2) is 0 Å². The maximum Gasteiger partial charge on any atom is 0.240 e. The molecule has 0 radical (unpaired) electrons. The van der Waals surface area contributed by atoms with Crippen LogP contribution >= 0.6 is 0 Å². The van der Waals surface area contributed by atoms with Crippen LogP contribution in [0.4, 0.5) is 4.39 Å². The number of hydrogen-bond acceptors (Lipinski definition) is 2. The molecule has 0 saturated heterocycles. The van der Waals surface area contributed by atoms with Crippen LogP contribution in [-0.4, -0.2) is 12.5 Å². The molecule has 0 spiro atoms. The van der Waals surface area contributed by atoms with Gasteiger partial charge in [0.05, 0.1) is 6.07 Å². The van der Waals surface area contributed by atoms with E-state index in [1.807, 2.05) is 12.1 Å². The van der Waals surface area contributed by atoms with E-state index < -0.39 is 5.41 Å². The fourth-order valence-electron chi connectivity index (χ4n) is 1.70. The Morgan fingerprint density at radius 2 is 2.29 bits per heavy atom. The fraction of sp³-hybridized carbons (Fsp3) is 0.385. The smallest absolute Gasteiger partial charge is 0.240 e. The number of carbonyl (C=O) groups excluding carboxylic acids is 1. The molecule has 0 bridgehead atoms. The highest BCUT2D eigenvalue weighted by molar-refractivity contribution is 5.88. The lowest BCUT2D eigenvalue weighted by Gasteiger charge is -2.07. The summed E-state index contributed by atoms with van der Waals surface area (Å²) in [7, 11) is 0. The Morgan fingerprint density at radius 3 is 2.88 bits per heavy atom. The van der Waals surface area contributed by atoms with E-state index in [0.29, 0.717) is 25.8 Å². The third-order valence-electron chi connectivity index (χ3n) is 2.99. The van der Waals surface area contributed by atoms with Crippen LogP contribution in [0.3, 0.4) is 0 Å². The summed E-state index contributed by atoms with van der Waals surface area (Å²) >= 11 is 0. The van der Waals surface area contributed by atoms with Crippen molar-refractivity contribution < 1.29 is 9.18 Å². The van der Waals surface area contributed by atoms with Gasteiger partial charge in [-0.1, -0.05) is 12.1 Å². The summed E-state index contributed by atoms with van der Waals surface area (Å²) in [5.74, 6) is -0.471. The van der Waals surface area contributed by atoms with E-state index in [0.717, 1.165) is 5.56 Å². The predicted octanol–water partition coefficient (Wildman–Crippen LogP) is 1.79. The van der Waals surface area contributed by atoms with Crippen molar-refractivity contribution in [3.05, 3.63) is 35.6 Å². The van der Waals surface area contributed by atoms with Crippen molar-refractivity contribution in [2.45, 2.75) is 19.3 Å². The molecule has 1 aromatic rings. The molecular formula is C13H13FN2O. The van der Waals surface area contributed by atoms with Gasteiger partial charge in [-0.05, 0) is 37.0 Å². The Bertz CT molecular complexity index is 475. The molecule has 1 aliphatic rings. The van der Waals surface area contributed by atoms with Crippen molar-refractivity contribution in [3.8, 4) is 6.07 Å². The van der Waals surface area contributed by atoms with Gasteiger partial charge in [-0.15, -0.1) is 0 Å². The van der Waals surface area contributed by atoms with E-state index in [9.17, 15) is 9.18 Å². The molecule has 1 aliphatic carbocycles. The van der Waals surface area contributed by atoms with E-state index in [1.165, 1.54) is 12.1 Å². The van der Waals surface area contributed by atoms with Crippen molar-refractivity contribution in [3.63, 3.8) is 0 Å². The van der Waals surface area contributed by atoms with Gasteiger partial charge in [-0.25, -0.2) is 4.39 Å². The molecule has 1 N–H and O–H groups in total. The zero-order chi connectivity index (χ0) is 12.3. The van der Waals surface area contributed by atoms with Crippen LogP contribution in [0.1, 0.15) is 18.4 Å². The number of benzene rings is 1. The number of nitrogens with zero attached hydrogens (tertiary/aromatic N) is 1. The van der Waals surface area contributed by atoms with Gasteiger partial charge in [-0.2, -0.15) is 5.26 Å². The van der Waals surface area contributed by atoms with Gasteiger partial charge in [0.1, 0.15) is 11.2 Å². The summed E-state index contributed by atoms with van der Waals surface area (Å²) in [6.45, 7) is 0.436. The van der Waals surface area contributed by atoms with Crippen molar-refractivity contribution in [2.24, 2.45) is 5.41 Å².